The second kappa shape index (κ2) is 11.2. The molecule has 0 saturated heterocycles. The zero-order chi connectivity index (χ0) is 25.1. The Balaban J connectivity index is 0.00000320. The third-order valence-corrected chi connectivity index (χ3v) is 8.48. The lowest BCUT2D eigenvalue weighted by molar-refractivity contribution is 0.318. The number of halogens is 1. The Hall–Kier alpha value is -3.64. The van der Waals surface area contributed by atoms with Crippen LogP contribution in [-0.4, -0.2) is 35.3 Å². The Morgan fingerprint density at radius 1 is 1.08 bits per heavy atom. The van der Waals surface area contributed by atoms with E-state index < -0.39 is 10.0 Å². The minimum Gasteiger partial charge on any atom is -0.364 e. The number of fused-ring (bicyclic) bond motifs is 1. The molecule has 7 nitrogen and oxygen atoms in total. The Kier molecular flexibility index (Phi) is 7.98. The molecule has 3 aromatic carbocycles. The first-order chi connectivity index (χ1) is 17.4. The maximum absolute atomic E-state index is 14.1. The summed E-state index contributed by atoms with van der Waals surface area (Å²) in [5.41, 5.74) is 5.23. The number of hydrogen-bond donors (Lipinski definition) is 1. The van der Waals surface area contributed by atoms with Gasteiger partial charge in [-0.25, -0.2) is 13.4 Å². The maximum atomic E-state index is 14.1. The number of benzene rings is 3. The van der Waals surface area contributed by atoms with Gasteiger partial charge in [-0.2, -0.15) is 9.57 Å². The summed E-state index contributed by atoms with van der Waals surface area (Å²) < 4.78 is 29.7. The van der Waals surface area contributed by atoms with Crippen LogP contribution in [0.2, 0.25) is 0 Å². The summed E-state index contributed by atoms with van der Waals surface area (Å²) >= 11 is 0. The molecule has 9 heteroatoms. The molecule has 1 aromatic heterocycles. The van der Waals surface area contributed by atoms with Gasteiger partial charge in [-0.3, -0.25) is 0 Å². The van der Waals surface area contributed by atoms with Crippen LogP contribution in [0.15, 0.2) is 90.2 Å². The predicted octanol–water partition coefficient (Wildman–Crippen LogP) is 4.83. The van der Waals surface area contributed by atoms with Crippen molar-refractivity contribution in [3.8, 4) is 6.07 Å². The van der Waals surface area contributed by atoms with Crippen molar-refractivity contribution >= 4 is 28.1 Å². The van der Waals surface area contributed by atoms with E-state index in [0.717, 1.165) is 28.1 Å². The molecule has 37 heavy (non-hydrogen) atoms. The zero-order valence-electron chi connectivity index (χ0n) is 20.4. The van der Waals surface area contributed by atoms with Crippen LogP contribution in [0.25, 0.3) is 0 Å². The quantitative estimate of drug-likeness (QED) is 0.383. The first kappa shape index (κ1) is 26.4. The fraction of sp³-hybridized carbons (Fsp3) is 0.214. The van der Waals surface area contributed by atoms with E-state index in [-0.39, 0.29) is 29.9 Å². The molecule has 5 rings (SSSR count). The Morgan fingerprint density at radius 3 is 2.51 bits per heavy atom. The highest BCUT2D eigenvalue weighted by molar-refractivity contribution is 7.89. The highest BCUT2D eigenvalue weighted by Gasteiger charge is 2.36. The lowest BCUT2D eigenvalue weighted by Crippen LogP contribution is -2.45. The first-order valence-electron chi connectivity index (χ1n) is 11.8. The van der Waals surface area contributed by atoms with Gasteiger partial charge in [0.2, 0.25) is 10.0 Å². The normalized spacial score (nSPS) is 15.8. The Morgan fingerprint density at radius 2 is 1.84 bits per heavy atom. The topological polar surface area (TPSA) is 93.1 Å². The molecule has 0 aliphatic carbocycles. The molecule has 0 unspecified atom stereocenters. The van der Waals surface area contributed by atoms with E-state index in [1.54, 1.807) is 41.1 Å². The van der Waals surface area contributed by atoms with Gasteiger partial charge in [-0.1, -0.05) is 48.0 Å². The summed E-state index contributed by atoms with van der Waals surface area (Å²) in [6.45, 7) is 3.14. The van der Waals surface area contributed by atoms with E-state index in [1.165, 1.54) is 0 Å². The summed E-state index contributed by atoms with van der Waals surface area (Å²) in [7, 11) is -3.82. The molecule has 1 aliphatic heterocycles. The SMILES string of the molecule is Cc1ccc(S(=O)(=O)N2Cc3cc(C#N)ccc3N(Cc3cnc[nH]3)C[C@H]2Cc2ccccc2)cc1.Cl. The number of anilines is 1. The van der Waals surface area contributed by atoms with Crippen LogP contribution in [0.3, 0.4) is 0 Å². The van der Waals surface area contributed by atoms with Gasteiger partial charge >= 0.3 is 0 Å². The number of aryl methyl sites for hydroxylation is 1. The van der Waals surface area contributed by atoms with Crippen LogP contribution in [0, 0.1) is 18.3 Å². The number of rotatable bonds is 6. The Labute approximate surface area is 223 Å². The average Bonchev–Trinajstić information content (AvgIpc) is 3.35. The largest absolute Gasteiger partial charge is 0.364 e. The number of sulfonamides is 1. The van der Waals surface area contributed by atoms with Gasteiger partial charge in [0.1, 0.15) is 0 Å². The second-order valence-corrected chi connectivity index (χ2v) is 11.0. The zero-order valence-corrected chi connectivity index (χ0v) is 22.0. The molecule has 0 saturated carbocycles. The molecule has 0 bridgehead atoms. The van der Waals surface area contributed by atoms with E-state index in [2.05, 4.69) is 20.9 Å². The molecule has 1 aliphatic rings. The molecule has 0 fully saturated rings. The van der Waals surface area contributed by atoms with Crippen molar-refractivity contribution in [1.29, 1.82) is 5.26 Å². The molecule has 1 N–H and O–H groups in total. The van der Waals surface area contributed by atoms with E-state index in [9.17, 15) is 13.7 Å². The van der Waals surface area contributed by atoms with E-state index in [0.29, 0.717) is 25.1 Å². The van der Waals surface area contributed by atoms with Gasteiger partial charge < -0.3 is 9.88 Å². The van der Waals surface area contributed by atoms with Crippen LogP contribution in [-0.2, 0) is 29.5 Å². The summed E-state index contributed by atoms with van der Waals surface area (Å²) in [4.78, 5) is 9.76. The number of imidazole rings is 1. The summed E-state index contributed by atoms with van der Waals surface area (Å²) in [5, 5.41) is 9.55. The summed E-state index contributed by atoms with van der Waals surface area (Å²) in [5.74, 6) is 0. The van der Waals surface area contributed by atoms with Crippen molar-refractivity contribution in [2.45, 2.75) is 37.4 Å². The third-order valence-electron chi connectivity index (χ3n) is 6.57. The first-order valence-corrected chi connectivity index (χ1v) is 13.3. The fourth-order valence-corrected chi connectivity index (χ4v) is 6.33. The van der Waals surface area contributed by atoms with Crippen molar-refractivity contribution in [2.24, 2.45) is 0 Å². The lowest BCUT2D eigenvalue weighted by atomic mass is 10.1. The van der Waals surface area contributed by atoms with Gasteiger partial charge in [0.25, 0.3) is 0 Å². The van der Waals surface area contributed by atoms with Gasteiger partial charge in [-0.15, -0.1) is 12.4 Å². The van der Waals surface area contributed by atoms with Gasteiger partial charge in [0.15, 0.2) is 0 Å². The number of nitrogens with zero attached hydrogens (tertiary/aromatic N) is 4. The second-order valence-electron chi connectivity index (χ2n) is 9.12. The van der Waals surface area contributed by atoms with E-state index in [1.807, 2.05) is 55.5 Å². The fourth-order valence-electron chi connectivity index (χ4n) is 4.74. The van der Waals surface area contributed by atoms with Crippen molar-refractivity contribution < 1.29 is 8.42 Å². The summed E-state index contributed by atoms with van der Waals surface area (Å²) in [6, 6.07) is 24.3. The van der Waals surface area contributed by atoms with Crippen LogP contribution < -0.4 is 4.90 Å². The minimum absolute atomic E-state index is 0. The minimum atomic E-state index is -3.82. The van der Waals surface area contributed by atoms with Crippen LogP contribution in [0.1, 0.15) is 27.9 Å². The molecular weight excluding hydrogens is 506 g/mol. The Bertz CT molecular complexity index is 1480. The maximum Gasteiger partial charge on any atom is 0.243 e. The van der Waals surface area contributed by atoms with Crippen molar-refractivity contribution in [3.63, 3.8) is 0 Å². The molecule has 0 radical (unpaired) electrons. The number of nitriles is 1. The molecule has 4 aromatic rings. The van der Waals surface area contributed by atoms with Crippen LogP contribution >= 0.6 is 12.4 Å². The lowest BCUT2D eigenvalue weighted by Gasteiger charge is -2.32. The van der Waals surface area contributed by atoms with Crippen molar-refractivity contribution in [1.82, 2.24) is 14.3 Å². The molecule has 2 heterocycles. The highest BCUT2D eigenvalue weighted by Crippen LogP contribution is 2.33. The van der Waals surface area contributed by atoms with Gasteiger partial charge in [0.05, 0.1) is 35.1 Å². The van der Waals surface area contributed by atoms with E-state index in [4.69, 9.17) is 0 Å². The number of hydrogen-bond acceptors (Lipinski definition) is 5. The molecule has 1 atom stereocenters. The average molecular weight is 534 g/mol. The molecule has 0 amide bonds. The number of H-pyrrole nitrogens is 1. The van der Waals surface area contributed by atoms with Crippen molar-refractivity contribution in [2.75, 3.05) is 11.4 Å². The molecule has 190 valence electrons. The molecular formula is C28H28ClN5O2S. The number of aromatic nitrogens is 2. The number of aromatic amines is 1. The monoisotopic (exact) mass is 533 g/mol. The standard InChI is InChI=1S/C28H27N5O2S.ClH/c1-21-7-10-27(11-8-21)36(34,35)33-17-24-13-23(15-29)9-12-28(24)32(18-25-16-30-20-31-25)19-26(33)14-22-5-3-2-4-6-22;/h2-13,16,20,26H,14,17-19H2,1H3,(H,30,31);1H/t26-;/m1./s1. The number of nitrogens with one attached hydrogen (secondary N) is 1. The van der Waals surface area contributed by atoms with Crippen molar-refractivity contribution in [3.05, 3.63) is 113 Å². The van der Waals surface area contributed by atoms with Crippen LogP contribution in [0.5, 0.6) is 0 Å². The van der Waals surface area contributed by atoms with Gasteiger partial charge in [0, 0.05) is 31.0 Å². The molecule has 0 spiro atoms. The highest BCUT2D eigenvalue weighted by atomic mass is 35.5. The van der Waals surface area contributed by atoms with Gasteiger partial charge in [-0.05, 0) is 54.8 Å². The van der Waals surface area contributed by atoms with Crippen LogP contribution in [0.4, 0.5) is 5.69 Å². The summed E-state index contributed by atoms with van der Waals surface area (Å²) in [6.07, 6.45) is 3.98. The predicted molar refractivity (Wildman–Crippen MR) is 146 cm³/mol. The van der Waals surface area contributed by atoms with E-state index >= 15 is 0 Å². The smallest absolute Gasteiger partial charge is 0.243 e. The third kappa shape index (κ3) is 5.70.